The molecule has 0 saturated carbocycles. The molecule has 0 spiro atoms. The minimum Gasteiger partial charge on any atom is -0.383 e. The Balaban J connectivity index is 1.52. The highest BCUT2D eigenvalue weighted by Crippen LogP contribution is 2.12. The Morgan fingerprint density at radius 2 is 1.92 bits per heavy atom. The van der Waals surface area contributed by atoms with Crippen molar-refractivity contribution in [3.63, 3.8) is 0 Å². The Morgan fingerprint density at radius 1 is 1.08 bits per heavy atom. The van der Waals surface area contributed by atoms with Gasteiger partial charge in [0.1, 0.15) is 0 Å². The maximum Gasteiger partial charge on any atom is 0.253 e. The molecule has 0 aliphatic carbocycles. The second-order valence-corrected chi connectivity index (χ2v) is 6.21. The average molecular weight is 367 g/mol. The zero-order valence-corrected chi connectivity index (χ0v) is 14.9. The van der Waals surface area contributed by atoms with Gasteiger partial charge in [0.25, 0.3) is 5.91 Å². The van der Waals surface area contributed by atoms with Crippen LogP contribution in [0.2, 0.25) is 5.02 Å². The smallest absolute Gasteiger partial charge is 0.253 e. The number of amides is 1. The molecule has 1 aromatic carbocycles. The summed E-state index contributed by atoms with van der Waals surface area (Å²) in [6, 6.07) is 15.2. The summed E-state index contributed by atoms with van der Waals surface area (Å²) in [5, 5.41) is 6.87. The molecular weight excluding hydrogens is 348 g/mol. The van der Waals surface area contributed by atoms with E-state index in [1.165, 1.54) is 5.56 Å². The van der Waals surface area contributed by atoms with Gasteiger partial charge < -0.3 is 10.6 Å². The van der Waals surface area contributed by atoms with E-state index in [9.17, 15) is 4.79 Å². The molecule has 2 heterocycles. The van der Waals surface area contributed by atoms with Crippen LogP contribution in [0.1, 0.15) is 21.6 Å². The monoisotopic (exact) mass is 366 g/mol. The van der Waals surface area contributed by atoms with E-state index in [-0.39, 0.29) is 5.91 Å². The number of nitrogens with one attached hydrogen (secondary N) is 2. The topological polar surface area (TPSA) is 66.9 Å². The number of pyridine rings is 2. The van der Waals surface area contributed by atoms with Gasteiger partial charge in [0.05, 0.1) is 23.5 Å². The molecule has 3 rings (SSSR count). The molecule has 132 valence electrons. The number of hydrogen-bond acceptors (Lipinski definition) is 4. The third-order valence-corrected chi connectivity index (χ3v) is 4.06. The molecule has 3 aromatic rings. The van der Waals surface area contributed by atoms with Gasteiger partial charge in [-0.2, -0.15) is 0 Å². The standard InChI is InChI=1S/C20H19ClN4O/c21-17-6-4-15(5-7-17)8-10-24-19-11-16(12-22-13-19)20(26)25-14-18-3-1-2-9-23-18/h1-7,9,11-13,24H,8,10,14H2,(H,25,26). The lowest BCUT2D eigenvalue weighted by atomic mass is 10.1. The number of rotatable bonds is 7. The third kappa shape index (κ3) is 5.29. The molecule has 2 aromatic heterocycles. The first-order valence-corrected chi connectivity index (χ1v) is 8.70. The van der Waals surface area contributed by atoms with Gasteiger partial charge >= 0.3 is 0 Å². The molecule has 5 nitrogen and oxygen atoms in total. The predicted octanol–water partition coefficient (Wildman–Crippen LogP) is 3.71. The van der Waals surface area contributed by atoms with Gasteiger partial charge in [0, 0.05) is 30.2 Å². The van der Waals surface area contributed by atoms with E-state index in [4.69, 9.17) is 11.6 Å². The fourth-order valence-corrected chi connectivity index (χ4v) is 2.56. The van der Waals surface area contributed by atoms with E-state index in [1.54, 1.807) is 24.7 Å². The number of anilines is 1. The van der Waals surface area contributed by atoms with Crippen LogP contribution in [-0.2, 0) is 13.0 Å². The van der Waals surface area contributed by atoms with E-state index in [2.05, 4.69) is 20.6 Å². The molecule has 1 amide bonds. The maximum absolute atomic E-state index is 12.3. The lowest BCUT2D eigenvalue weighted by Crippen LogP contribution is -2.23. The SMILES string of the molecule is O=C(NCc1ccccn1)c1cncc(NCCc2ccc(Cl)cc2)c1. The first-order valence-electron chi connectivity index (χ1n) is 8.32. The highest BCUT2D eigenvalue weighted by molar-refractivity contribution is 6.30. The minimum atomic E-state index is -0.176. The van der Waals surface area contributed by atoms with Crippen molar-refractivity contribution in [2.75, 3.05) is 11.9 Å². The van der Waals surface area contributed by atoms with Crippen molar-refractivity contribution in [2.45, 2.75) is 13.0 Å². The van der Waals surface area contributed by atoms with E-state index >= 15 is 0 Å². The molecule has 0 saturated heterocycles. The van der Waals surface area contributed by atoms with E-state index < -0.39 is 0 Å². The Morgan fingerprint density at radius 3 is 2.69 bits per heavy atom. The number of carbonyl (C=O) groups is 1. The lowest BCUT2D eigenvalue weighted by Gasteiger charge is -2.09. The van der Waals surface area contributed by atoms with Crippen LogP contribution >= 0.6 is 11.6 Å². The number of aromatic nitrogens is 2. The summed E-state index contributed by atoms with van der Waals surface area (Å²) < 4.78 is 0. The van der Waals surface area contributed by atoms with Crippen molar-refractivity contribution < 1.29 is 4.79 Å². The van der Waals surface area contributed by atoms with Crippen LogP contribution in [0.3, 0.4) is 0 Å². The summed E-state index contributed by atoms with van der Waals surface area (Å²) >= 11 is 5.89. The molecule has 0 aliphatic heterocycles. The highest BCUT2D eigenvalue weighted by Gasteiger charge is 2.07. The van der Waals surface area contributed by atoms with Gasteiger partial charge in [0.15, 0.2) is 0 Å². The Bertz CT molecular complexity index is 853. The normalized spacial score (nSPS) is 10.3. The van der Waals surface area contributed by atoms with E-state index in [0.29, 0.717) is 12.1 Å². The molecular formula is C20H19ClN4O. The van der Waals surface area contributed by atoms with Crippen molar-refractivity contribution >= 4 is 23.2 Å². The summed E-state index contributed by atoms with van der Waals surface area (Å²) in [5.41, 5.74) is 3.33. The summed E-state index contributed by atoms with van der Waals surface area (Å²) in [5.74, 6) is -0.176. The second kappa shape index (κ2) is 8.97. The van der Waals surface area contributed by atoms with Crippen LogP contribution < -0.4 is 10.6 Å². The van der Waals surface area contributed by atoms with Crippen molar-refractivity contribution in [3.05, 3.63) is 89.0 Å². The van der Waals surface area contributed by atoms with Crippen LogP contribution in [0, 0.1) is 0 Å². The van der Waals surface area contributed by atoms with Crippen molar-refractivity contribution in [3.8, 4) is 0 Å². The van der Waals surface area contributed by atoms with Crippen LogP contribution in [-0.4, -0.2) is 22.4 Å². The Hall–Kier alpha value is -2.92. The van der Waals surface area contributed by atoms with Gasteiger partial charge in [-0.25, -0.2) is 0 Å². The van der Waals surface area contributed by atoms with Crippen LogP contribution in [0.4, 0.5) is 5.69 Å². The summed E-state index contributed by atoms with van der Waals surface area (Å²) in [4.78, 5) is 20.6. The zero-order chi connectivity index (χ0) is 18.2. The Labute approximate surface area is 157 Å². The van der Waals surface area contributed by atoms with Gasteiger partial charge in [-0.05, 0) is 42.3 Å². The van der Waals surface area contributed by atoms with Crippen LogP contribution in [0.15, 0.2) is 67.1 Å². The molecule has 0 unspecified atom stereocenters. The minimum absolute atomic E-state index is 0.176. The van der Waals surface area contributed by atoms with Gasteiger partial charge in [-0.1, -0.05) is 29.8 Å². The number of carbonyl (C=O) groups excluding carboxylic acids is 1. The molecule has 0 fully saturated rings. The number of nitrogens with zero attached hydrogens (tertiary/aromatic N) is 2. The van der Waals surface area contributed by atoms with E-state index in [1.807, 2.05) is 42.5 Å². The first-order chi connectivity index (χ1) is 12.7. The van der Waals surface area contributed by atoms with Gasteiger partial charge in [0.2, 0.25) is 0 Å². The lowest BCUT2D eigenvalue weighted by molar-refractivity contribution is 0.0950. The molecule has 0 aliphatic rings. The van der Waals surface area contributed by atoms with Crippen molar-refractivity contribution in [1.82, 2.24) is 15.3 Å². The average Bonchev–Trinajstić information content (AvgIpc) is 2.69. The number of hydrogen-bond donors (Lipinski definition) is 2. The first kappa shape index (κ1) is 17.9. The van der Waals surface area contributed by atoms with E-state index in [0.717, 1.165) is 29.4 Å². The van der Waals surface area contributed by atoms with Gasteiger partial charge in [-0.15, -0.1) is 0 Å². The molecule has 0 bridgehead atoms. The summed E-state index contributed by atoms with van der Waals surface area (Å²) in [7, 11) is 0. The number of halogens is 1. The largest absolute Gasteiger partial charge is 0.383 e. The van der Waals surface area contributed by atoms with Crippen LogP contribution in [0.25, 0.3) is 0 Å². The number of benzene rings is 1. The highest BCUT2D eigenvalue weighted by atomic mass is 35.5. The maximum atomic E-state index is 12.3. The van der Waals surface area contributed by atoms with Crippen LogP contribution in [0.5, 0.6) is 0 Å². The van der Waals surface area contributed by atoms with Gasteiger partial charge in [-0.3, -0.25) is 14.8 Å². The third-order valence-electron chi connectivity index (χ3n) is 3.81. The zero-order valence-electron chi connectivity index (χ0n) is 14.2. The fraction of sp³-hybridized carbons (Fsp3) is 0.150. The molecule has 0 radical (unpaired) electrons. The summed E-state index contributed by atoms with van der Waals surface area (Å²) in [6.45, 7) is 1.12. The second-order valence-electron chi connectivity index (χ2n) is 5.77. The Kier molecular flexibility index (Phi) is 6.17. The molecule has 6 heteroatoms. The van der Waals surface area contributed by atoms with Crippen molar-refractivity contribution in [1.29, 1.82) is 0 Å². The molecule has 2 N–H and O–H groups in total. The predicted molar refractivity (Wildman–Crippen MR) is 103 cm³/mol. The quantitative estimate of drug-likeness (QED) is 0.668. The molecule has 26 heavy (non-hydrogen) atoms. The fourth-order valence-electron chi connectivity index (χ4n) is 2.44. The molecule has 0 atom stereocenters. The van der Waals surface area contributed by atoms with Crippen molar-refractivity contribution in [2.24, 2.45) is 0 Å². The summed E-state index contributed by atoms with van der Waals surface area (Å²) in [6.07, 6.45) is 5.82.